The molecule has 1 atom stereocenters. The number of ether oxygens (including phenoxy) is 2. The van der Waals surface area contributed by atoms with E-state index in [2.05, 4.69) is 0 Å². The van der Waals surface area contributed by atoms with Gasteiger partial charge in [0.05, 0.1) is 11.9 Å². The average molecular weight is 304 g/mol. The van der Waals surface area contributed by atoms with Gasteiger partial charge in [-0.1, -0.05) is 0 Å². The van der Waals surface area contributed by atoms with E-state index in [9.17, 15) is 4.79 Å². The van der Waals surface area contributed by atoms with Crippen molar-refractivity contribution in [3.63, 3.8) is 0 Å². The molecule has 0 bridgehead atoms. The second-order valence-corrected chi connectivity index (χ2v) is 5.74. The zero-order chi connectivity index (χ0) is 14.6. The summed E-state index contributed by atoms with van der Waals surface area (Å²) in [6.07, 6.45) is 1.62. The van der Waals surface area contributed by atoms with Gasteiger partial charge in [0.2, 0.25) is 5.75 Å². The highest BCUT2D eigenvalue weighted by Gasteiger charge is 2.48. The standard InChI is InChI=1S/C16H14O5.H2O/c1-16(2)11(21-16)8-19-15-13-10(5-6-18-13)7-9-3-4-12(17)20-14(9)15;/h3-7,11H,8H2,1-2H3;1H2/t11-;/m1./s1. The van der Waals surface area contributed by atoms with E-state index in [0.29, 0.717) is 23.5 Å². The monoisotopic (exact) mass is 304 g/mol. The van der Waals surface area contributed by atoms with Crippen molar-refractivity contribution >= 4 is 21.9 Å². The van der Waals surface area contributed by atoms with E-state index in [1.165, 1.54) is 6.07 Å². The van der Waals surface area contributed by atoms with Gasteiger partial charge in [-0.25, -0.2) is 4.79 Å². The van der Waals surface area contributed by atoms with Crippen molar-refractivity contribution in [2.75, 3.05) is 6.61 Å². The Morgan fingerprint density at radius 3 is 2.64 bits per heavy atom. The van der Waals surface area contributed by atoms with Gasteiger partial charge in [-0.3, -0.25) is 0 Å². The Labute approximate surface area is 125 Å². The van der Waals surface area contributed by atoms with Crippen LogP contribution in [0.4, 0.5) is 0 Å². The van der Waals surface area contributed by atoms with Crippen LogP contribution in [0.1, 0.15) is 13.8 Å². The van der Waals surface area contributed by atoms with Gasteiger partial charge in [-0.15, -0.1) is 0 Å². The first-order chi connectivity index (χ1) is 10.0. The van der Waals surface area contributed by atoms with E-state index in [1.54, 1.807) is 12.3 Å². The molecule has 3 aromatic rings. The molecule has 1 aliphatic rings. The molecule has 1 fully saturated rings. The SMILES string of the molecule is CC1(C)O[C@@H]1COc1c2occc2cc2ccc(=O)oc12.O. The van der Waals surface area contributed by atoms with Gasteiger partial charge in [0, 0.05) is 16.8 Å². The van der Waals surface area contributed by atoms with Crippen LogP contribution >= 0.6 is 0 Å². The molecule has 0 amide bonds. The molecular formula is C16H16O6. The van der Waals surface area contributed by atoms with Crippen molar-refractivity contribution in [2.24, 2.45) is 0 Å². The second-order valence-electron chi connectivity index (χ2n) is 5.74. The third kappa shape index (κ3) is 2.26. The molecular weight excluding hydrogens is 288 g/mol. The third-order valence-electron chi connectivity index (χ3n) is 3.83. The maximum atomic E-state index is 11.5. The Balaban J connectivity index is 0.00000144. The molecule has 1 aliphatic heterocycles. The Hall–Kier alpha value is -2.31. The highest BCUT2D eigenvalue weighted by molar-refractivity contribution is 5.99. The van der Waals surface area contributed by atoms with Gasteiger partial charge in [0.1, 0.15) is 12.7 Å². The molecule has 2 aromatic heterocycles. The van der Waals surface area contributed by atoms with Crippen molar-refractivity contribution in [1.82, 2.24) is 0 Å². The van der Waals surface area contributed by atoms with Crippen LogP contribution in [0.2, 0.25) is 0 Å². The van der Waals surface area contributed by atoms with E-state index in [-0.39, 0.29) is 17.2 Å². The van der Waals surface area contributed by atoms with Crippen LogP contribution < -0.4 is 10.4 Å². The quantitative estimate of drug-likeness (QED) is 0.546. The van der Waals surface area contributed by atoms with Crippen molar-refractivity contribution in [1.29, 1.82) is 0 Å². The van der Waals surface area contributed by atoms with Crippen molar-refractivity contribution < 1.29 is 23.8 Å². The molecule has 116 valence electrons. The summed E-state index contributed by atoms with van der Waals surface area (Å²) < 4.78 is 22.1. The lowest BCUT2D eigenvalue weighted by atomic mass is 10.1. The molecule has 22 heavy (non-hydrogen) atoms. The van der Waals surface area contributed by atoms with Gasteiger partial charge in [-0.05, 0) is 32.0 Å². The van der Waals surface area contributed by atoms with E-state index < -0.39 is 5.63 Å². The molecule has 0 saturated carbocycles. The fourth-order valence-corrected chi connectivity index (χ4v) is 2.46. The topological polar surface area (TPSA) is 96.6 Å². The lowest BCUT2D eigenvalue weighted by Crippen LogP contribution is -2.12. The molecule has 0 unspecified atom stereocenters. The minimum Gasteiger partial charge on any atom is -0.483 e. The normalized spacial score (nSPS) is 19.1. The van der Waals surface area contributed by atoms with Gasteiger partial charge in [-0.2, -0.15) is 0 Å². The predicted molar refractivity (Wildman–Crippen MR) is 80.3 cm³/mol. The van der Waals surface area contributed by atoms with Crippen LogP contribution in [0.15, 0.2) is 44.2 Å². The molecule has 0 spiro atoms. The van der Waals surface area contributed by atoms with Crippen LogP contribution in [0.3, 0.4) is 0 Å². The Morgan fingerprint density at radius 1 is 1.18 bits per heavy atom. The lowest BCUT2D eigenvalue weighted by molar-refractivity contribution is 0.254. The lowest BCUT2D eigenvalue weighted by Gasteiger charge is -2.08. The van der Waals surface area contributed by atoms with Gasteiger partial charge >= 0.3 is 5.63 Å². The number of fused-ring (bicyclic) bond motifs is 2. The van der Waals surface area contributed by atoms with Crippen LogP contribution in [0.25, 0.3) is 21.9 Å². The van der Waals surface area contributed by atoms with E-state index in [4.69, 9.17) is 18.3 Å². The molecule has 6 nitrogen and oxygen atoms in total. The summed E-state index contributed by atoms with van der Waals surface area (Å²) in [5.74, 6) is 0.455. The minimum atomic E-state index is -0.416. The zero-order valence-electron chi connectivity index (χ0n) is 12.2. The fourth-order valence-electron chi connectivity index (χ4n) is 2.46. The Morgan fingerprint density at radius 2 is 1.91 bits per heavy atom. The average Bonchev–Trinajstić information content (AvgIpc) is 2.85. The number of hydrogen-bond donors (Lipinski definition) is 0. The number of rotatable bonds is 3. The first-order valence-electron chi connectivity index (χ1n) is 6.79. The number of furan rings is 1. The van der Waals surface area contributed by atoms with E-state index in [0.717, 1.165) is 10.8 Å². The Kier molecular flexibility index (Phi) is 3.23. The fraction of sp³-hybridized carbons (Fsp3) is 0.312. The van der Waals surface area contributed by atoms with E-state index >= 15 is 0 Å². The molecule has 1 saturated heterocycles. The van der Waals surface area contributed by atoms with Crippen LogP contribution in [0.5, 0.6) is 5.75 Å². The molecule has 3 heterocycles. The maximum absolute atomic E-state index is 11.5. The summed E-state index contributed by atoms with van der Waals surface area (Å²) in [5, 5.41) is 1.71. The summed E-state index contributed by atoms with van der Waals surface area (Å²) in [6, 6.07) is 6.87. The van der Waals surface area contributed by atoms with Crippen molar-refractivity contribution in [2.45, 2.75) is 25.6 Å². The van der Waals surface area contributed by atoms with E-state index in [1.807, 2.05) is 26.0 Å². The summed E-state index contributed by atoms with van der Waals surface area (Å²) in [7, 11) is 0. The molecule has 1 aromatic carbocycles. The van der Waals surface area contributed by atoms with Crippen molar-refractivity contribution in [3.05, 3.63) is 40.9 Å². The number of hydrogen-bond acceptors (Lipinski definition) is 5. The molecule has 2 N–H and O–H groups in total. The summed E-state index contributed by atoms with van der Waals surface area (Å²) in [4.78, 5) is 11.5. The van der Waals surface area contributed by atoms with Crippen LogP contribution in [-0.4, -0.2) is 23.8 Å². The molecule has 0 aliphatic carbocycles. The zero-order valence-corrected chi connectivity index (χ0v) is 12.2. The smallest absolute Gasteiger partial charge is 0.336 e. The first-order valence-corrected chi connectivity index (χ1v) is 6.79. The first kappa shape index (κ1) is 14.6. The molecule has 0 radical (unpaired) electrons. The number of benzene rings is 1. The number of epoxide rings is 1. The van der Waals surface area contributed by atoms with Gasteiger partial charge in [0.15, 0.2) is 11.2 Å². The highest BCUT2D eigenvalue weighted by atomic mass is 16.6. The summed E-state index contributed by atoms with van der Waals surface area (Å²) >= 11 is 0. The summed E-state index contributed by atoms with van der Waals surface area (Å²) in [5.41, 5.74) is 0.410. The minimum absolute atomic E-state index is 0. The van der Waals surface area contributed by atoms with Gasteiger partial charge < -0.3 is 23.8 Å². The maximum Gasteiger partial charge on any atom is 0.336 e. The van der Waals surface area contributed by atoms with Crippen LogP contribution in [0, 0.1) is 0 Å². The molecule has 6 heteroatoms. The van der Waals surface area contributed by atoms with Crippen molar-refractivity contribution in [3.8, 4) is 5.75 Å². The second kappa shape index (κ2) is 4.86. The third-order valence-corrected chi connectivity index (χ3v) is 3.83. The highest BCUT2D eigenvalue weighted by Crippen LogP contribution is 2.38. The Bertz CT molecular complexity index is 888. The van der Waals surface area contributed by atoms with Gasteiger partial charge in [0.25, 0.3) is 0 Å². The largest absolute Gasteiger partial charge is 0.483 e. The van der Waals surface area contributed by atoms with Crippen LogP contribution in [-0.2, 0) is 4.74 Å². The summed E-state index contributed by atoms with van der Waals surface area (Å²) in [6.45, 7) is 4.40. The predicted octanol–water partition coefficient (Wildman–Crippen LogP) is 2.27. The molecule has 4 rings (SSSR count).